The Bertz CT molecular complexity index is 958. The first-order chi connectivity index (χ1) is 13.2. The zero-order valence-electron chi connectivity index (χ0n) is 14.5. The summed E-state index contributed by atoms with van der Waals surface area (Å²) in [6, 6.07) is 26.1. The Balaban J connectivity index is 0.000000166. The van der Waals surface area contributed by atoms with E-state index in [1.807, 2.05) is 84.9 Å². The number of nitrogen functional groups attached to an aromatic ring is 1. The molecule has 0 saturated heterocycles. The Hall–Kier alpha value is -3.93. The monoisotopic (exact) mass is 357 g/mol. The predicted molar refractivity (Wildman–Crippen MR) is 109 cm³/mol. The van der Waals surface area contributed by atoms with Gasteiger partial charge >= 0.3 is 6.03 Å². The molecule has 0 atom stereocenters. The number of nitrogens with two attached hydrogens (primary N) is 1. The van der Waals surface area contributed by atoms with Gasteiger partial charge in [0.1, 0.15) is 12.1 Å². The highest BCUT2D eigenvalue weighted by Crippen LogP contribution is 2.14. The van der Waals surface area contributed by atoms with Crippen molar-refractivity contribution in [3.63, 3.8) is 0 Å². The number of nitrogens with one attached hydrogen (secondary N) is 2. The van der Waals surface area contributed by atoms with Gasteiger partial charge < -0.3 is 16.4 Å². The average molecular weight is 357 g/mol. The van der Waals surface area contributed by atoms with Crippen molar-refractivity contribution in [3.8, 4) is 0 Å². The fourth-order valence-corrected chi connectivity index (χ4v) is 2.36. The largest absolute Gasteiger partial charge is 0.383 e. The summed E-state index contributed by atoms with van der Waals surface area (Å²) in [5, 5.41) is 6.39. The normalized spacial score (nSPS) is 9.78. The van der Waals surface area contributed by atoms with E-state index in [0.717, 1.165) is 22.3 Å². The van der Waals surface area contributed by atoms with Gasteiger partial charge in [-0.05, 0) is 36.4 Å². The quantitative estimate of drug-likeness (QED) is 0.491. The lowest BCUT2D eigenvalue weighted by molar-refractivity contribution is 0.262. The highest BCUT2D eigenvalue weighted by atomic mass is 16.2. The van der Waals surface area contributed by atoms with Crippen LogP contribution in [0.4, 0.5) is 22.0 Å². The molecule has 0 fully saturated rings. The Kier molecular flexibility index (Phi) is 5.93. The van der Waals surface area contributed by atoms with Crippen LogP contribution in [0.1, 0.15) is 0 Å². The third-order valence-corrected chi connectivity index (χ3v) is 3.64. The third-order valence-electron chi connectivity index (χ3n) is 3.64. The number of carbonyl (C=O) groups excluding carboxylic acids is 1. The number of hydrogen-bond donors (Lipinski definition) is 3. The summed E-state index contributed by atoms with van der Waals surface area (Å²) in [5.41, 5.74) is 8.04. The minimum absolute atomic E-state index is 0.239. The standard InChI is InChI=1S/C13H12N2O.C8H7N3/c16-13(14-11-7-3-1-4-8-11)15-12-9-5-2-6-10-12;9-8-6-3-1-2-4-7(6)10-5-11-8/h1-10H,(H2,14,15,16);1-5H,(H2,9,10,11). The number of fused-ring (bicyclic) bond motifs is 1. The van der Waals surface area contributed by atoms with E-state index < -0.39 is 0 Å². The van der Waals surface area contributed by atoms with Crippen LogP contribution in [0, 0.1) is 0 Å². The molecule has 4 rings (SSSR count). The van der Waals surface area contributed by atoms with E-state index in [1.165, 1.54) is 6.33 Å². The number of urea groups is 1. The van der Waals surface area contributed by atoms with Crippen LogP contribution in [0.2, 0.25) is 0 Å². The summed E-state index contributed by atoms with van der Waals surface area (Å²) < 4.78 is 0. The second-order valence-electron chi connectivity index (χ2n) is 5.59. The minimum Gasteiger partial charge on any atom is -0.383 e. The highest BCUT2D eigenvalue weighted by molar-refractivity contribution is 5.99. The molecule has 4 aromatic rings. The molecule has 0 spiro atoms. The molecule has 6 heteroatoms. The van der Waals surface area contributed by atoms with Crippen LogP contribution >= 0.6 is 0 Å². The van der Waals surface area contributed by atoms with Gasteiger partial charge in [-0.3, -0.25) is 0 Å². The van der Waals surface area contributed by atoms with E-state index in [9.17, 15) is 4.79 Å². The van der Waals surface area contributed by atoms with Gasteiger partial charge in [0.05, 0.1) is 5.52 Å². The van der Waals surface area contributed by atoms with Gasteiger partial charge in [-0.2, -0.15) is 0 Å². The summed E-state index contributed by atoms with van der Waals surface area (Å²) in [5.74, 6) is 0.538. The van der Waals surface area contributed by atoms with Crippen molar-refractivity contribution in [1.29, 1.82) is 0 Å². The van der Waals surface area contributed by atoms with E-state index >= 15 is 0 Å². The number of nitrogens with zero attached hydrogens (tertiary/aromatic N) is 2. The maximum Gasteiger partial charge on any atom is 0.323 e. The molecule has 2 amide bonds. The molecule has 0 aliphatic carbocycles. The fourth-order valence-electron chi connectivity index (χ4n) is 2.36. The molecule has 0 aliphatic heterocycles. The topological polar surface area (TPSA) is 92.9 Å². The zero-order chi connectivity index (χ0) is 18.9. The first-order valence-corrected chi connectivity index (χ1v) is 8.36. The minimum atomic E-state index is -0.239. The smallest absolute Gasteiger partial charge is 0.323 e. The summed E-state index contributed by atoms with van der Waals surface area (Å²) >= 11 is 0. The van der Waals surface area contributed by atoms with Gasteiger partial charge in [0.15, 0.2) is 0 Å². The first kappa shape index (κ1) is 17.9. The molecular weight excluding hydrogens is 338 g/mol. The average Bonchev–Trinajstić information content (AvgIpc) is 2.70. The van der Waals surface area contributed by atoms with Crippen LogP contribution in [-0.4, -0.2) is 16.0 Å². The first-order valence-electron chi connectivity index (χ1n) is 8.36. The van der Waals surface area contributed by atoms with E-state index in [2.05, 4.69) is 20.6 Å². The van der Waals surface area contributed by atoms with E-state index in [4.69, 9.17) is 5.73 Å². The Morgan fingerprint density at radius 1 is 0.704 bits per heavy atom. The molecule has 0 bridgehead atoms. The van der Waals surface area contributed by atoms with Gasteiger partial charge in [-0.1, -0.05) is 48.5 Å². The summed E-state index contributed by atoms with van der Waals surface area (Å²) in [6.45, 7) is 0. The molecule has 0 aliphatic rings. The number of rotatable bonds is 2. The summed E-state index contributed by atoms with van der Waals surface area (Å²) in [7, 11) is 0. The van der Waals surface area contributed by atoms with Crippen molar-refractivity contribution in [2.75, 3.05) is 16.4 Å². The van der Waals surface area contributed by atoms with Crippen LogP contribution in [0.25, 0.3) is 10.9 Å². The molecule has 1 heterocycles. The maximum atomic E-state index is 11.6. The van der Waals surface area contributed by atoms with Crippen molar-refractivity contribution in [2.45, 2.75) is 0 Å². The highest BCUT2D eigenvalue weighted by Gasteiger charge is 2.00. The van der Waals surface area contributed by atoms with E-state index in [1.54, 1.807) is 0 Å². The molecule has 0 saturated carbocycles. The number of aromatic nitrogens is 2. The number of amides is 2. The molecule has 6 nitrogen and oxygen atoms in total. The van der Waals surface area contributed by atoms with Gasteiger partial charge in [0, 0.05) is 16.8 Å². The second-order valence-corrected chi connectivity index (χ2v) is 5.59. The van der Waals surface area contributed by atoms with E-state index in [0.29, 0.717) is 5.82 Å². The summed E-state index contributed by atoms with van der Waals surface area (Å²) in [6.07, 6.45) is 1.47. The third kappa shape index (κ3) is 5.27. The van der Waals surface area contributed by atoms with Crippen molar-refractivity contribution in [1.82, 2.24) is 9.97 Å². The number of carbonyl (C=O) groups is 1. The number of benzene rings is 3. The molecule has 27 heavy (non-hydrogen) atoms. The molecule has 4 N–H and O–H groups in total. The van der Waals surface area contributed by atoms with Crippen LogP contribution in [-0.2, 0) is 0 Å². The Labute approximate surface area is 157 Å². The lowest BCUT2D eigenvalue weighted by atomic mass is 10.2. The van der Waals surface area contributed by atoms with Crippen LogP contribution in [0.15, 0.2) is 91.3 Å². The van der Waals surface area contributed by atoms with Crippen molar-refractivity contribution in [3.05, 3.63) is 91.3 Å². The van der Waals surface area contributed by atoms with Crippen LogP contribution in [0.5, 0.6) is 0 Å². The van der Waals surface area contributed by atoms with Crippen molar-refractivity contribution < 1.29 is 4.79 Å². The Morgan fingerprint density at radius 2 is 1.22 bits per heavy atom. The molecular formula is C21H19N5O. The SMILES string of the molecule is Nc1ncnc2ccccc12.O=C(Nc1ccccc1)Nc1ccccc1. The van der Waals surface area contributed by atoms with Gasteiger partial charge in [0.25, 0.3) is 0 Å². The number of hydrogen-bond acceptors (Lipinski definition) is 4. The van der Waals surface area contributed by atoms with Crippen molar-refractivity contribution >= 4 is 34.1 Å². The van der Waals surface area contributed by atoms with Gasteiger partial charge in [-0.25, -0.2) is 14.8 Å². The summed E-state index contributed by atoms with van der Waals surface area (Å²) in [4.78, 5) is 19.5. The van der Waals surface area contributed by atoms with Gasteiger partial charge in [0.2, 0.25) is 0 Å². The lowest BCUT2D eigenvalue weighted by Gasteiger charge is -2.06. The van der Waals surface area contributed by atoms with Crippen molar-refractivity contribution in [2.24, 2.45) is 0 Å². The second kappa shape index (κ2) is 8.96. The van der Waals surface area contributed by atoms with Crippen LogP contribution < -0.4 is 16.4 Å². The number of anilines is 3. The van der Waals surface area contributed by atoms with Gasteiger partial charge in [-0.15, -0.1) is 0 Å². The van der Waals surface area contributed by atoms with E-state index in [-0.39, 0.29) is 6.03 Å². The molecule has 134 valence electrons. The maximum absolute atomic E-state index is 11.6. The molecule has 1 aromatic heterocycles. The molecule has 0 unspecified atom stereocenters. The molecule has 3 aromatic carbocycles. The lowest BCUT2D eigenvalue weighted by Crippen LogP contribution is -2.19. The number of para-hydroxylation sites is 3. The fraction of sp³-hybridized carbons (Fsp3) is 0. The zero-order valence-corrected chi connectivity index (χ0v) is 14.5. The Morgan fingerprint density at radius 3 is 1.78 bits per heavy atom. The molecule has 0 radical (unpaired) electrons. The van der Waals surface area contributed by atoms with Crippen LogP contribution in [0.3, 0.4) is 0 Å². The predicted octanol–water partition coefficient (Wildman–Crippen LogP) is 4.54.